The lowest BCUT2D eigenvalue weighted by Crippen LogP contribution is -2.24. The molecule has 0 bridgehead atoms. The van der Waals surface area contributed by atoms with Gasteiger partial charge in [0.1, 0.15) is 5.75 Å². The average molecular weight is 276 g/mol. The molecule has 4 N–H and O–H groups in total. The van der Waals surface area contributed by atoms with Gasteiger partial charge in [-0.15, -0.1) is 0 Å². The molecule has 0 fully saturated rings. The summed E-state index contributed by atoms with van der Waals surface area (Å²) in [7, 11) is 0. The number of unbranched alkanes of at least 4 members (excludes halogenated alkanes) is 1. The quantitative estimate of drug-likeness (QED) is 0.741. The van der Waals surface area contributed by atoms with Crippen molar-refractivity contribution in [2.75, 3.05) is 0 Å². The maximum atomic E-state index is 11.7. The second-order valence-electron chi connectivity index (χ2n) is 4.87. The van der Waals surface area contributed by atoms with E-state index < -0.39 is 0 Å². The van der Waals surface area contributed by atoms with Crippen molar-refractivity contribution in [3.63, 3.8) is 0 Å². The van der Waals surface area contributed by atoms with Gasteiger partial charge >= 0.3 is 5.69 Å². The molecule has 6 heteroatoms. The third-order valence-corrected chi connectivity index (χ3v) is 3.25. The number of H-pyrrole nitrogens is 1. The minimum absolute atomic E-state index is 0.213. The molecule has 0 unspecified atom stereocenters. The van der Waals surface area contributed by atoms with E-state index in [9.17, 15) is 9.90 Å². The number of hydrogen-bond donors (Lipinski definition) is 3. The number of nitrogens with two attached hydrogens (primary N) is 1. The first-order chi connectivity index (χ1) is 9.61. The third kappa shape index (κ3) is 3.27. The van der Waals surface area contributed by atoms with Gasteiger partial charge in [-0.1, -0.05) is 25.5 Å². The Hall–Kier alpha value is -2.08. The molecule has 1 aromatic carbocycles. The number of hydrogen-bond acceptors (Lipinski definition) is 4. The van der Waals surface area contributed by atoms with E-state index in [2.05, 4.69) is 17.1 Å². The highest BCUT2D eigenvalue weighted by molar-refractivity contribution is 5.26. The third-order valence-electron chi connectivity index (χ3n) is 3.25. The standard InChI is InChI=1S/C14H20N4O2/c1-2-3-8-18-13(16-17-14(18)20)12(15)9-10-4-6-11(19)7-5-10/h4-7,12,19H,2-3,8-9,15H2,1H3,(H,17,20)/t12-/m0/s1. The fraction of sp³-hybridized carbons (Fsp3) is 0.429. The minimum Gasteiger partial charge on any atom is -0.508 e. The van der Waals surface area contributed by atoms with Crippen LogP contribution in [0.3, 0.4) is 0 Å². The Labute approximate surface area is 117 Å². The molecule has 0 spiro atoms. The van der Waals surface area contributed by atoms with Crippen LogP contribution in [-0.4, -0.2) is 19.9 Å². The molecule has 6 nitrogen and oxygen atoms in total. The van der Waals surface area contributed by atoms with Crippen molar-refractivity contribution < 1.29 is 5.11 Å². The summed E-state index contributed by atoms with van der Waals surface area (Å²) >= 11 is 0. The zero-order valence-electron chi connectivity index (χ0n) is 11.5. The van der Waals surface area contributed by atoms with Crippen molar-refractivity contribution in [3.05, 3.63) is 46.1 Å². The van der Waals surface area contributed by atoms with Crippen molar-refractivity contribution >= 4 is 0 Å². The van der Waals surface area contributed by atoms with Crippen LogP contribution in [0.2, 0.25) is 0 Å². The number of rotatable bonds is 6. The topological polar surface area (TPSA) is 96.9 Å². The first-order valence-corrected chi connectivity index (χ1v) is 6.80. The summed E-state index contributed by atoms with van der Waals surface area (Å²) in [4.78, 5) is 11.7. The Morgan fingerprint density at radius 2 is 2.10 bits per heavy atom. The summed E-state index contributed by atoms with van der Waals surface area (Å²) in [6, 6.07) is 6.52. The van der Waals surface area contributed by atoms with Crippen molar-refractivity contribution in [2.45, 2.75) is 38.8 Å². The highest BCUT2D eigenvalue weighted by Crippen LogP contribution is 2.16. The predicted molar refractivity (Wildman–Crippen MR) is 76.5 cm³/mol. The number of benzene rings is 1. The molecular formula is C14H20N4O2. The molecule has 2 rings (SSSR count). The lowest BCUT2D eigenvalue weighted by molar-refractivity contribution is 0.475. The summed E-state index contributed by atoms with van der Waals surface area (Å²) in [5, 5.41) is 15.8. The van der Waals surface area contributed by atoms with Gasteiger partial charge in [-0.2, -0.15) is 5.10 Å². The molecular weight excluding hydrogens is 256 g/mol. The van der Waals surface area contributed by atoms with Crippen molar-refractivity contribution in [1.82, 2.24) is 14.8 Å². The van der Waals surface area contributed by atoms with Crippen molar-refractivity contribution in [2.24, 2.45) is 5.73 Å². The molecule has 0 saturated carbocycles. The van der Waals surface area contributed by atoms with Gasteiger partial charge in [0.25, 0.3) is 0 Å². The monoisotopic (exact) mass is 276 g/mol. The fourth-order valence-electron chi connectivity index (χ4n) is 2.12. The van der Waals surface area contributed by atoms with Crippen LogP contribution in [-0.2, 0) is 13.0 Å². The Bertz CT molecular complexity index is 600. The molecule has 1 aromatic heterocycles. The van der Waals surface area contributed by atoms with Crippen LogP contribution in [0, 0.1) is 0 Å². The number of phenolic OH excluding ortho intramolecular Hbond substituents is 1. The highest BCUT2D eigenvalue weighted by Gasteiger charge is 2.16. The summed E-state index contributed by atoms with van der Waals surface area (Å²) in [5.41, 5.74) is 6.93. The first kappa shape index (κ1) is 14.3. The predicted octanol–water partition coefficient (Wildman–Crippen LogP) is 1.32. The van der Waals surface area contributed by atoms with Crippen LogP contribution in [0.15, 0.2) is 29.1 Å². The van der Waals surface area contributed by atoms with Gasteiger partial charge in [0.05, 0.1) is 6.04 Å². The normalized spacial score (nSPS) is 12.5. The second-order valence-corrected chi connectivity index (χ2v) is 4.87. The Balaban J connectivity index is 2.14. The highest BCUT2D eigenvalue weighted by atomic mass is 16.3. The molecule has 0 aliphatic rings. The van der Waals surface area contributed by atoms with Gasteiger partial charge in [-0.3, -0.25) is 4.57 Å². The van der Waals surface area contributed by atoms with Gasteiger partial charge in [0.2, 0.25) is 0 Å². The van der Waals surface area contributed by atoms with E-state index in [4.69, 9.17) is 5.73 Å². The van der Waals surface area contributed by atoms with Crippen LogP contribution in [0.25, 0.3) is 0 Å². The number of nitrogens with zero attached hydrogens (tertiary/aromatic N) is 2. The van der Waals surface area contributed by atoms with Crippen LogP contribution in [0.4, 0.5) is 0 Å². The van der Waals surface area contributed by atoms with E-state index in [-0.39, 0.29) is 17.5 Å². The number of aromatic amines is 1. The van der Waals surface area contributed by atoms with Crippen LogP contribution in [0.1, 0.15) is 37.2 Å². The molecule has 108 valence electrons. The van der Waals surface area contributed by atoms with Gasteiger partial charge in [-0.25, -0.2) is 9.89 Å². The maximum Gasteiger partial charge on any atom is 0.343 e. The van der Waals surface area contributed by atoms with E-state index in [1.165, 1.54) is 0 Å². The summed E-state index contributed by atoms with van der Waals surface area (Å²) in [6.45, 7) is 2.70. The van der Waals surface area contributed by atoms with Gasteiger partial charge in [-0.05, 0) is 30.5 Å². The number of aromatic nitrogens is 3. The molecule has 0 aliphatic heterocycles. The SMILES string of the molecule is CCCCn1c([C@@H](N)Cc2ccc(O)cc2)n[nH]c1=O. The van der Waals surface area contributed by atoms with Crippen LogP contribution < -0.4 is 11.4 Å². The average Bonchev–Trinajstić information content (AvgIpc) is 2.80. The van der Waals surface area contributed by atoms with Crippen LogP contribution >= 0.6 is 0 Å². The smallest absolute Gasteiger partial charge is 0.343 e. The summed E-state index contributed by atoms with van der Waals surface area (Å²) in [5.74, 6) is 0.804. The molecule has 1 atom stereocenters. The number of aromatic hydroxyl groups is 1. The second kappa shape index (κ2) is 6.38. The molecule has 0 radical (unpaired) electrons. The lowest BCUT2D eigenvalue weighted by Gasteiger charge is -2.12. The largest absolute Gasteiger partial charge is 0.508 e. The fourth-order valence-corrected chi connectivity index (χ4v) is 2.12. The van der Waals surface area contributed by atoms with Crippen LogP contribution in [0.5, 0.6) is 5.75 Å². The molecule has 20 heavy (non-hydrogen) atoms. The van der Waals surface area contributed by atoms with Crippen molar-refractivity contribution in [3.8, 4) is 5.75 Å². The molecule has 0 saturated heterocycles. The molecule has 2 aromatic rings. The number of phenols is 1. The first-order valence-electron chi connectivity index (χ1n) is 6.80. The van der Waals surface area contributed by atoms with E-state index >= 15 is 0 Å². The Morgan fingerprint density at radius 3 is 2.75 bits per heavy atom. The molecule has 0 amide bonds. The minimum atomic E-state index is -0.352. The van der Waals surface area contributed by atoms with E-state index in [1.54, 1.807) is 16.7 Å². The Morgan fingerprint density at radius 1 is 1.40 bits per heavy atom. The summed E-state index contributed by atoms with van der Waals surface area (Å²) < 4.78 is 1.61. The summed E-state index contributed by atoms with van der Waals surface area (Å²) in [6.07, 6.45) is 2.49. The Kier molecular flexibility index (Phi) is 4.57. The lowest BCUT2D eigenvalue weighted by atomic mass is 10.1. The molecule has 0 aliphatic carbocycles. The zero-order valence-corrected chi connectivity index (χ0v) is 11.5. The number of nitrogens with one attached hydrogen (secondary N) is 1. The van der Waals surface area contributed by atoms with Gasteiger partial charge < -0.3 is 10.8 Å². The van der Waals surface area contributed by atoms with Crippen molar-refractivity contribution in [1.29, 1.82) is 0 Å². The van der Waals surface area contributed by atoms with Gasteiger partial charge in [0, 0.05) is 6.54 Å². The van der Waals surface area contributed by atoms with E-state index in [0.29, 0.717) is 18.8 Å². The van der Waals surface area contributed by atoms with E-state index in [0.717, 1.165) is 18.4 Å². The maximum absolute atomic E-state index is 11.7. The van der Waals surface area contributed by atoms with Gasteiger partial charge in [0.15, 0.2) is 5.82 Å². The van der Waals surface area contributed by atoms with E-state index in [1.807, 2.05) is 12.1 Å². The molecule has 1 heterocycles. The zero-order chi connectivity index (χ0) is 14.5.